The summed E-state index contributed by atoms with van der Waals surface area (Å²) in [4.78, 5) is 0. The van der Waals surface area contributed by atoms with Crippen LogP contribution in [0.1, 0.15) is 26.7 Å². The van der Waals surface area contributed by atoms with Gasteiger partial charge in [0.05, 0.1) is 6.10 Å². The third-order valence-electron chi connectivity index (χ3n) is 2.20. The first-order valence-corrected chi connectivity index (χ1v) is 4.98. The molecule has 0 aliphatic heterocycles. The highest BCUT2D eigenvalue weighted by molar-refractivity contribution is 5.82. The van der Waals surface area contributed by atoms with Crippen LogP contribution in [0, 0.1) is 5.92 Å². The van der Waals surface area contributed by atoms with E-state index in [1.807, 2.05) is 13.8 Å². The molecule has 0 amide bonds. The molecule has 0 spiro atoms. The van der Waals surface area contributed by atoms with Crippen molar-refractivity contribution in [3.63, 3.8) is 0 Å². The van der Waals surface area contributed by atoms with E-state index in [1.54, 1.807) is 0 Å². The van der Waals surface area contributed by atoms with Crippen molar-refractivity contribution in [3.8, 4) is 0 Å². The summed E-state index contributed by atoms with van der Waals surface area (Å²) in [7, 11) is 0. The first-order valence-electron chi connectivity index (χ1n) is 4.98. The quantitative estimate of drug-likeness (QED) is 0.155. The molecular weight excluding hydrogens is 182 g/mol. The lowest BCUT2D eigenvalue weighted by Gasteiger charge is -2.12. The first kappa shape index (κ1) is 13.2. The van der Waals surface area contributed by atoms with Gasteiger partial charge in [0.25, 0.3) is 0 Å². The van der Waals surface area contributed by atoms with E-state index in [0.29, 0.717) is 6.54 Å². The molecule has 84 valence electrons. The predicted molar refractivity (Wildman–Crippen MR) is 56.4 cm³/mol. The molecule has 0 fully saturated rings. The number of aliphatic hydroxyl groups excluding tert-OH is 1. The van der Waals surface area contributed by atoms with Gasteiger partial charge in [-0.3, -0.25) is 0 Å². The SMILES string of the molecule is CCC(O)CCNCC(C)C(N)=NO. The smallest absolute Gasteiger partial charge is 0.143 e. The van der Waals surface area contributed by atoms with E-state index < -0.39 is 0 Å². The Morgan fingerprint density at radius 3 is 2.71 bits per heavy atom. The normalized spacial score (nSPS) is 16.6. The van der Waals surface area contributed by atoms with Crippen LogP contribution < -0.4 is 11.1 Å². The second kappa shape index (κ2) is 7.58. The molecule has 0 aromatic carbocycles. The van der Waals surface area contributed by atoms with Crippen LogP contribution in [0.5, 0.6) is 0 Å². The van der Waals surface area contributed by atoms with E-state index in [0.717, 1.165) is 19.4 Å². The summed E-state index contributed by atoms with van der Waals surface area (Å²) in [5, 5.41) is 23.7. The largest absolute Gasteiger partial charge is 0.409 e. The zero-order chi connectivity index (χ0) is 11.0. The Balaban J connectivity index is 3.45. The molecule has 5 heteroatoms. The Kier molecular flexibility index (Phi) is 7.14. The monoisotopic (exact) mass is 203 g/mol. The second-order valence-corrected chi connectivity index (χ2v) is 3.48. The van der Waals surface area contributed by atoms with E-state index in [4.69, 9.17) is 10.9 Å². The Labute approximate surface area is 85.0 Å². The van der Waals surface area contributed by atoms with E-state index in [-0.39, 0.29) is 17.9 Å². The topological polar surface area (TPSA) is 90.9 Å². The van der Waals surface area contributed by atoms with E-state index >= 15 is 0 Å². The maximum Gasteiger partial charge on any atom is 0.143 e. The van der Waals surface area contributed by atoms with Crippen molar-refractivity contribution in [2.75, 3.05) is 13.1 Å². The number of nitrogens with one attached hydrogen (secondary N) is 1. The van der Waals surface area contributed by atoms with Gasteiger partial charge in [-0.1, -0.05) is 19.0 Å². The van der Waals surface area contributed by atoms with Gasteiger partial charge in [0, 0.05) is 12.5 Å². The standard InChI is InChI=1S/C9H21N3O2/c1-3-8(13)4-5-11-6-7(2)9(10)12-14/h7-8,11,13-14H,3-6H2,1-2H3,(H2,10,12). The molecule has 2 unspecified atom stereocenters. The Morgan fingerprint density at radius 1 is 1.57 bits per heavy atom. The summed E-state index contributed by atoms with van der Waals surface area (Å²) < 4.78 is 0. The molecule has 0 aromatic heterocycles. The van der Waals surface area contributed by atoms with Crippen molar-refractivity contribution in [1.29, 1.82) is 0 Å². The molecule has 0 heterocycles. The van der Waals surface area contributed by atoms with Crippen molar-refractivity contribution in [1.82, 2.24) is 5.32 Å². The number of nitrogens with two attached hydrogens (primary N) is 1. The fraction of sp³-hybridized carbons (Fsp3) is 0.889. The number of aliphatic hydroxyl groups is 1. The van der Waals surface area contributed by atoms with Gasteiger partial charge in [0.1, 0.15) is 5.84 Å². The van der Waals surface area contributed by atoms with Gasteiger partial charge in [-0.05, 0) is 19.4 Å². The zero-order valence-corrected chi connectivity index (χ0v) is 8.90. The van der Waals surface area contributed by atoms with Gasteiger partial charge in [0.15, 0.2) is 0 Å². The molecule has 2 atom stereocenters. The zero-order valence-electron chi connectivity index (χ0n) is 8.90. The van der Waals surface area contributed by atoms with Crippen molar-refractivity contribution < 1.29 is 10.3 Å². The number of hydrogen-bond acceptors (Lipinski definition) is 4. The lowest BCUT2D eigenvalue weighted by atomic mass is 10.1. The summed E-state index contributed by atoms with van der Waals surface area (Å²) >= 11 is 0. The van der Waals surface area contributed by atoms with E-state index in [9.17, 15) is 5.11 Å². The van der Waals surface area contributed by atoms with Crippen molar-refractivity contribution in [2.45, 2.75) is 32.8 Å². The van der Waals surface area contributed by atoms with Crippen LogP contribution in [0.4, 0.5) is 0 Å². The molecule has 0 aliphatic rings. The molecule has 14 heavy (non-hydrogen) atoms. The highest BCUT2D eigenvalue weighted by atomic mass is 16.4. The Bertz CT molecular complexity index is 173. The third-order valence-corrected chi connectivity index (χ3v) is 2.20. The highest BCUT2D eigenvalue weighted by Crippen LogP contribution is 1.96. The van der Waals surface area contributed by atoms with Gasteiger partial charge in [-0.15, -0.1) is 0 Å². The summed E-state index contributed by atoms with van der Waals surface area (Å²) in [6.45, 7) is 5.23. The minimum absolute atomic E-state index is 0.0127. The van der Waals surface area contributed by atoms with Crippen LogP contribution in [0.25, 0.3) is 0 Å². The molecule has 0 aromatic rings. The molecule has 0 aliphatic carbocycles. The first-order chi connectivity index (χ1) is 6.61. The van der Waals surface area contributed by atoms with E-state index in [1.165, 1.54) is 0 Å². The van der Waals surface area contributed by atoms with Crippen molar-refractivity contribution in [2.24, 2.45) is 16.8 Å². The van der Waals surface area contributed by atoms with Crippen molar-refractivity contribution >= 4 is 5.84 Å². The van der Waals surface area contributed by atoms with Gasteiger partial charge >= 0.3 is 0 Å². The Morgan fingerprint density at radius 2 is 2.21 bits per heavy atom. The fourth-order valence-corrected chi connectivity index (χ4v) is 0.994. The highest BCUT2D eigenvalue weighted by Gasteiger charge is 2.06. The van der Waals surface area contributed by atoms with Crippen molar-refractivity contribution in [3.05, 3.63) is 0 Å². The number of oxime groups is 1. The maximum absolute atomic E-state index is 9.25. The lowest BCUT2D eigenvalue weighted by Crippen LogP contribution is -2.32. The van der Waals surface area contributed by atoms with E-state index in [2.05, 4.69) is 10.5 Å². The van der Waals surface area contributed by atoms with Crippen LogP contribution in [-0.2, 0) is 0 Å². The van der Waals surface area contributed by atoms with Crippen LogP contribution >= 0.6 is 0 Å². The molecule has 0 saturated heterocycles. The van der Waals surface area contributed by atoms with Gasteiger partial charge in [-0.2, -0.15) is 0 Å². The molecular formula is C9H21N3O2. The lowest BCUT2D eigenvalue weighted by molar-refractivity contribution is 0.159. The number of hydrogen-bond donors (Lipinski definition) is 4. The molecule has 0 rings (SSSR count). The average molecular weight is 203 g/mol. The minimum Gasteiger partial charge on any atom is -0.409 e. The van der Waals surface area contributed by atoms with Crippen LogP contribution in [0.2, 0.25) is 0 Å². The second-order valence-electron chi connectivity index (χ2n) is 3.48. The molecule has 0 bridgehead atoms. The summed E-state index contributed by atoms with van der Waals surface area (Å²) in [6.07, 6.45) is 1.28. The molecule has 5 nitrogen and oxygen atoms in total. The molecule has 0 radical (unpaired) electrons. The van der Waals surface area contributed by atoms with Gasteiger partial charge in [-0.25, -0.2) is 0 Å². The number of amidine groups is 1. The summed E-state index contributed by atoms with van der Waals surface area (Å²) in [5.41, 5.74) is 5.40. The Hall–Kier alpha value is -0.810. The third kappa shape index (κ3) is 5.77. The summed E-state index contributed by atoms with van der Waals surface area (Å²) in [5.74, 6) is 0.243. The number of rotatable bonds is 7. The van der Waals surface area contributed by atoms with Gasteiger partial charge in [0.2, 0.25) is 0 Å². The summed E-state index contributed by atoms with van der Waals surface area (Å²) in [6, 6.07) is 0. The predicted octanol–water partition coefficient (Wildman–Crippen LogP) is 0.120. The number of nitrogens with zero attached hydrogens (tertiary/aromatic N) is 1. The minimum atomic E-state index is -0.235. The van der Waals surface area contributed by atoms with Crippen LogP contribution in [0.3, 0.4) is 0 Å². The average Bonchev–Trinajstić information content (AvgIpc) is 2.22. The molecule has 5 N–H and O–H groups in total. The van der Waals surface area contributed by atoms with Gasteiger partial charge < -0.3 is 21.4 Å². The van der Waals surface area contributed by atoms with Crippen LogP contribution in [-0.4, -0.2) is 35.3 Å². The molecule has 0 saturated carbocycles. The fourth-order valence-electron chi connectivity index (χ4n) is 0.994. The van der Waals surface area contributed by atoms with Crippen LogP contribution in [0.15, 0.2) is 5.16 Å². The maximum atomic E-state index is 9.25.